The van der Waals surface area contributed by atoms with E-state index in [4.69, 9.17) is 11.6 Å². The molecule has 0 aliphatic carbocycles. The molecular weight excluding hydrogens is 370 g/mol. The molecule has 0 bridgehead atoms. The van der Waals surface area contributed by atoms with Crippen LogP contribution in [0.1, 0.15) is 29.7 Å². The number of fused-ring (bicyclic) bond motifs is 3. The van der Waals surface area contributed by atoms with E-state index >= 15 is 0 Å². The van der Waals surface area contributed by atoms with Crippen molar-refractivity contribution in [2.45, 2.75) is 18.4 Å². The van der Waals surface area contributed by atoms with E-state index < -0.39 is 6.10 Å². The molecule has 0 spiro atoms. The summed E-state index contributed by atoms with van der Waals surface area (Å²) in [6.45, 7) is 0. The van der Waals surface area contributed by atoms with E-state index in [2.05, 4.69) is 22.1 Å². The van der Waals surface area contributed by atoms with E-state index in [1.807, 2.05) is 65.4 Å². The molecule has 4 nitrogen and oxygen atoms in total. The van der Waals surface area contributed by atoms with Crippen LogP contribution < -0.4 is 0 Å². The molecule has 2 aliphatic rings. The summed E-state index contributed by atoms with van der Waals surface area (Å²) in [5.74, 6) is 0.884. The SMILES string of the molecule is OC(CC1C=C2N=CN=C2n2cccc21)c1ccc(-c2ccccc2)cc1Cl. The van der Waals surface area contributed by atoms with Crippen LogP contribution in [-0.2, 0) is 0 Å². The van der Waals surface area contributed by atoms with E-state index in [0.717, 1.165) is 33.9 Å². The number of nitrogens with zero attached hydrogens (tertiary/aromatic N) is 3. The summed E-state index contributed by atoms with van der Waals surface area (Å²) in [7, 11) is 0. The molecule has 2 aromatic carbocycles. The Balaban J connectivity index is 1.42. The van der Waals surface area contributed by atoms with Crippen LogP contribution in [0, 0.1) is 0 Å². The van der Waals surface area contributed by atoms with E-state index in [-0.39, 0.29) is 5.92 Å². The van der Waals surface area contributed by atoms with Gasteiger partial charge in [0.15, 0.2) is 5.84 Å². The van der Waals surface area contributed by atoms with Crippen LogP contribution in [0.5, 0.6) is 0 Å². The van der Waals surface area contributed by atoms with Crippen LogP contribution in [0.15, 0.2) is 88.6 Å². The van der Waals surface area contributed by atoms with Gasteiger partial charge >= 0.3 is 0 Å². The summed E-state index contributed by atoms with van der Waals surface area (Å²) in [4.78, 5) is 8.66. The Labute approximate surface area is 168 Å². The Morgan fingerprint density at radius 2 is 1.89 bits per heavy atom. The van der Waals surface area contributed by atoms with Gasteiger partial charge in [-0.25, -0.2) is 9.98 Å². The summed E-state index contributed by atoms with van der Waals surface area (Å²) in [5, 5.41) is 11.5. The van der Waals surface area contributed by atoms with Gasteiger partial charge in [0.05, 0.1) is 6.10 Å². The van der Waals surface area contributed by atoms with E-state index in [1.54, 1.807) is 6.34 Å². The smallest absolute Gasteiger partial charge is 0.164 e. The highest BCUT2D eigenvalue weighted by Crippen LogP contribution is 2.37. The van der Waals surface area contributed by atoms with Crippen LogP contribution in [0.4, 0.5) is 0 Å². The van der Waals surface area contributed by atoms with Gasteiger partial charge in [0.25, 0.3) is 0 Å². The topological polar surface area (TPSA) is 49.9 Å². The van der Waals surface area contributed by atoms with Crippen molar-refractivity contribution in [3.63, 3.8) is 0 Å². The van der Waals surface area contributed by atoms with Crippen LogP contribution in [0.25, 0.3) is 11.1 Å². The molecule has 138 valence electrons. The summed E-state index contributed by atoms with van der Waals surface area (Å²) in [6.07, 6.45) is 5.49. The number of hydrogen-bond acceptors (Lipinski definition) is 3. The van der Waals surface area contributed by atoms with Crippen molar-refractivity contribution in [2.24, 2.45) is 9.98 Å². The minimum absolute atomic E-state index is 0.0408. The second-order valence-electron chi connectivity index (χ2n) is 7.01. The highest BCUT2D eigenvalue weighted by atomic mass is 35.5. The van der Waals surface area contributed by atoms with Crippen molar-refractivity contribution in [2.75, 3.05) is 0 Å². The Bertz CT molecular complexity index is 1130. The van der Waals surface area contributed by atoms with Gasteiger partial charge in [-0.2, -0.15) is 0 Å². The minimum Gasteiger partial charge on any atom is -0.388 e. The number of aliphatic hydroxyl groups excluding tert-OH is 1. The lowest BCUT2D eigenvalue weighted by molar-refractivity contribution is 0.162. The van der Waals surface area contributed by atoms with Crippen molar-refractivity contribution >= 4 is 23.8 Å². The fourth-order valence-corrected chi connectivity index (χ4v) is 4.21. The van der Waals surface area contributed by atoms with Crippen LogP contribution in [0.2, 0.25) is 5.02 Å². The third-order valence-electron chi connectivity index (χ3n) is 5.30. The van der Waals surface area contributed by atoms with Gasteiger partial charge in [-0.1, -0.05) is 54.1 Å². The van der Waals surface area contributed by atoms with Crippen molar-refractivity contribution in [1.29, 1.82) is 0 Å². The van der Waals surface area contributed by atoms with Gasteiger partial charge in [0.2, 0.25) is 0 Å². The molecule has 28 heavy (non-hydrogen) atoms. The maximum atomic E-state index is 10.9. The average molecular weight is 388 g/mol. The zero-order valence-corrected chi connectivity index (χ0v) is 15.8. The lowest BCUT2D eigenvalue weighted by Crippen LogP contribution is -2.22. The largest absolute Gasteiger partial charge is 0.388 e. The number of aliphatic hydroxyl groups is 1. The maximum absolute atomic E-state index is 10.9. The van der Waals surface area contributed by atoms with Gasteiger partial charge < -0.3 is 9.67 Å². The number of aromatic nitrogens is 1. The van der Waals surface area contributed by atoms with Gasteiger partial charge in [-0.15, -0.1) is 0 Å². The number of allylic oxidation sites excluding steroid dienone is 2. The molecule has 5 heteroatoms. The predicted octanol–water partition coefficient (Wildman–Crippen LogP) is 5.20. The maximum Gasteiger partial charge on any atom is 0.164 e. The Hall–Kier alpha value is -2.95. The summed E-state index contributed by atoms with van der Waals surface area (Å²) in [5.41, 5.74) is 4.84. The van der Waals surface area contributed by atoms with Gasteiger partial charge in [-0.05, 0) is 47.4 Å². The highest BCUT2D eigenvalue weighted by Gasteiger charge is 2.28. The van der Waals surface area contributed by atoms with Crippen molar-refractivity contribution in [1.82, 2.24) is 4.57 Å². The quantitative estimate of drug-likeness (QED) is 0.657. The third kappa shape index (κ3) is 2.91. The molecule has 3 heterocycles. The molecule has 2 atom stereocenters. The average Bonchev–Trinajstić information content (AvgIpc) is 3.37. The Kier molecular flexibility index (Phi) is 4.23. The zero-order valence-electron chi connectivity index (χ0n) is 15.0. The van der Waals surface area contributed by atoms with Crippen LogP contribution >= 0.6 is 11.6 Å². The predicted molar refractivity (Wildman–Crippen MR) is 113 cm³/mol. The molecule has 2 unspecified atom stereocenters. The van der Waals surface area contributed by atoms with Gasteiger partial charge in [-0.3, -0.25) is 0 Å². The number of halogens is 1. The zero-order chi connectivity index (χ0) is 19.1. The number of benzene rings is 2. The minimum atomic E-state index is -0.675. The molecule has 0 amide bonds. The number of rotatable bonds is 4. The van der Waals surface area contributed by atoms with Crippen molar-refractivity contribution in [3.05, 3.63) is 94.9 Å². The fraction of sp³-hybridized carbons (Fsp3) is 0.130. The lowest BCUT2D eigenvalue weighted by Gasteiger charge is -2.24. The first-order chi connectivity index (χ1) is 13.7. The molecule has 3 aromatic rings. The molecule has 0 saturated carbocycles. The molecule has 0 fully saturated rings. The van der Waals surface area contributed by atoms with Crippen molar-refractivity contribution in [3.8, 4) is 11.1 Å². The van der Waals surface area contributed by atoms with Gasteiger partial charge in [0.1, 0.15) is 12.0 Å². The first-order valence-electron chi connectivity index (χ1n) is 9.24. The van der Waals surface area contributed by atoms with Crippen molar-refractivity contribution < 1.29 is 5.11 Å². The first kappa shape index (κ1) is 17.2. The molecule has 1 aromatic heterocycles. The highest BCUT2D eigenvalue weighted by molar-refractivity contribution is 6.31. The molecule has 2 aliphatic heterocycles. The monoisotopic (exact) mass is 387 g/mol. The normalized spacial score (nSPS) is 18.3. The molecule has 0 saturated heterocycles. The Morgan fingerprint density at radius 3 is 2.71 bits per heavy atom. The van der Waals surface area contributed by atoms with E-state index in [0.29, 0.717) is 11.4 Å². The lowest BCUT2D eigenvalue weighted by atomic mass is 9.90. The fourth-order valence-electron chi connectivity index (χ4n) is 3.90. The molecule has 1 N–H and O–H groups in total. The number of aliphatic imine (C=N–C) groups is 2. The van der Waals surface area contributed by atoms with Crippen LogP contribution in [0.3, 0.4) is 0 Å². The molecular formula is C23H18ClN3O. The molecule has 5 rings (SSSR count). The van der Waals surface area contributed by atoms with E-state index in [1.165, 1.54) is 0 Å². The molecule has 0 radical (unpaired) electrons. The van der Waals surface area contributed by atoms with E-state index in [9.17, 15) is 5.11 Å². The Morgan fingerprint density at radius 1 is 1.04 bits per heavy atom. The summed E-state index contributed by atoms with van der Waals surface area (Å²) >= 11 is 6.54. The number of hydrogen-bond donors (Lipinski definition) is 1. The third-order valence-corrected chi connectivity index (χ3v) is 5.62. The summed E-state index contributed by atoms with van der Waals surface area (Å²) < 4.78 is 2.04. The second kappa shape index (κ2) is 6.89. The first-order valence-corrected chi connectivity index (χ1v) is 9.61. The van der Waals surface area contributed by atoms with Gasteiger partial charge in [0, 0.05) is 22.8 Å². The van der Waals surface area contributed by atoms with Crippen LogP contribution in [-0.4, -0.2) is 21.8 Å². The standard InChI is InChI=1S/C23H18ClN3O/c24-19-11-16(15-5-2-1-3-6-15)8-9-18(19)22(28)13-17-12-20-23(26-14-25-20)27-10-4-7-21(17)27/h1-12,14,17,22,28H,13H2. The second-order valence-corrected chi connectivity index (χ2v) is 7.42. The summed E-state index contributed by atoms with van der Waals surface area (Å²) in [6, 6.07) is 20.0.